The molecule has 0 radical (unpaired) electrons. The molecule has 1 amide bonds. The van der Waals surface area contributed by atoms with Crippen LogP contribution in [0.1, 0.15) is 29.8 Å². The smallest absolute Gasteiger partial charge is 0.261 e. The molecule has 0 saturated heterocycles. The largest absolute Gasteiger partial charge is 0.322 e. The first-order chi connectivity index (χ1) is 16.1. The van der Waals surface area contributed by atoms with Crippen LogP contribution in [0.4, 0.5) is 11.4 Å². The van der Waals surface area contributed by atoms with Crippen molar-refractivity contribution < 1.29 is 21.6 Å². The number of sulfonamides is 2. The SMILES string of the molecule is CCN(CC)S(=O)(=O)c1ccc(NC(=O)c2ccccc2NS(=O)(=O)c2ccc(C)cc2)cc1. The number of hydrogen-bond donors (Lipinski definition) is 2. The van der Waals surface area contributed by atoms with E-state index >= 15 is 0 Å². The average Bonchev–Trinajstić information content (AvgIpc) is 2.80. The van der Waals surface area contributed by atoms with Crippen LogP contribution in [0.15, 0.2) is 82.6 Å². The van der Waals surface area contributed by atoms with Gasteiger partial charge in [0, 0.05) is 18.8 Å². The van der Waals surface area contributed by atoms with Crippen molar-refractivity contribution in [3.05, 3.63) is 83.9 Å². The quantitative estimate of drug-likeness (QED) is 0.459. The maximum Gasteiger partial charge on any atom is 0.261 e. The molecule has 0 atom stereocenters. The van der Waals surface area contributed by atoms with Crippen molar-refractivity contribution in [2.24, 2.45) is 0 Å². The summed E-state index contributed by atoms with van der Waals surface area (Å²) in [5.41, 5.74) is 1.55. The number of rotatable bonds is 9. The predicted octanol–water partition coefficient (Wildman–Crippen LogP) is 4.08. The van der Waals surface area contributed by atoms with Crippen molar-refractivity contribution >= 4 is 37.3 Å². The molecule has 0 aliphatic heterocycles. The summed E-state index contributed by atoms with van der Waals surface area (Å²) in [5.74, 6) is -0.540. The summed E-state index contributed by atoms with van der Waals surface area (Å²) in [7, 11) is -7.51. The monoisotopic (exact) mass is 501 g/mol. The van der Waals surface area contributed by atoms with Gasteiger partial charge in [0.05, 0.1) is 21.0 Å². The Morgan fingerprint density at radius 2 is 1.35 bits per heavy atom. The third kappa shape index (κ3) is 5.64. The first-order valence-corrected chi connectivity index (χ1v) is 13.6. The molecule has 34 heavy (non-hydrogen) atoms. The molecule has 0 unspecified atom stereocenters. The standard InChI is InChI=1S/C24H27N3O5S2/c1-4-27(5-2)34(31,32)21-16-12-19(13-17-21)25-24(28)22-8-6-7-9-23(22)26-33(29,30)20-14-10-18(3)11-15-20/h6-17,26H,4-5H2,1-3H3,(H,25,28). The molecule has 0 fully saturated rings. The molecule has 3 aromatic rings. The van der Waals surface area contributed by atoms with E-state index in [-0.39, 0.29) is 21.0 Å². The first-order valence-electron chi connectivity index (χ1n) is 10.7. The lowest BCUT2D eigenvalue weighted by Gasteiger charge is -2.18. The van der Waals surface area contributed by atoms with Crippen molar-refractivity contribution in [2.45, 2.75) is 30.6 Å². The Morgan fingerprint density at radius 1 is 0.794 bits per heavy atom. The summed E-state index contributed by atoms with van der Waals surface area (Å²) in [6.45, 7) is 6.09. The zero-order chi connectivity index (χ0) is 24.9. The number of carbonyl (C=O) groups is 1. The summed E-state index contributed by atoms with van der Waals surface area (Å²) >= 11 is 0. The number of para-hydroxylation sites is 1. The minimum Gasteiger partial charge on any atom is -0.322 e. The molecule has 0 aliphatic rings. The van der Waals surface area contributed by atoms with E-state index in [2.05, 4.69) is 10.0 Å². The highest BCUT2D eigenvalue weighted by Gasteiger charge is 2.22. The Kier molecular flexibility index (Phi) is 7.75. The molecule has 0 bridgehead atoms. The van der Waals surface area contributed by atoms with Gasteiger partial charge in [0.2, 0.25) is 10.0 Å². The van der Waals surface area contributed by atoms with Gasteiger partial charge in [-0.3, -0.25) is 9.52 Å². The molecule has 10 heteroatoms. The van der Waals surface area contributed by atoms with Crippen LogP contribution in [0.3, 0.4) is 0 Å². The zero-order valence-corrected chi connectivity index (χ0v) is 20.8. The number of carbonyl (C=O) groups excluding carboxylic acids is 1. The summed E-state index contributed by atoms with van der Waals surface area (Å²) in [6, 6.07) is 18.5. The Hall–Kier alpha value is -3.21. The fraction of sp³-hybridized carbons (Fsp3) is 0.208. The lowest BCUT2D eigenvalue weighted by molar-refractivity contribution is 0.102. The van der Waals surface area contributed by atoms with E-state index in [0.717, 1.165) is 5.56 Å². The van der Waals surface area contributed by atoms with Gasteiger partial charge in [0.25, 0.3) is 15.9 Å². The van der Waals surface area contributed by atoms with Crippen molar-refractivity contribution in [1.29, 1.82) is 0 Å². The molecule has 3 rings (SSSR count). The molecule has 8 nitrogen and oxygen atoms in total. The summed E-state index contributed by atoms with van der Waals surface area (Å²) in [4.78, 5) is 13.1. The zero-order valence-electron chi connectivity index (χ0n) is 19.1. The minimum absolute atomic E-state index is 0.0818. The van der Waals surface area contributed by atoms with E-state index in [9.17, 15) is 21.6 Å². The van der Waals surface area contributed by atoms with Gasteiger partial charge in [-0.05, 0) is 55.5 Å². The van der Waals surface area contributed by atoms with E-state index in [0.29, 0.717) is 18.8 Å². The third-order valence-electron chi connectivity index (χ3n) is 5.20. The molecular weight excluding hydrogens is 474 g/mol. The molecule has 3 aromatic carbocycles. The number of anilines is 2. The normalized spacial score (nSPS) is 11.9. The second kappa shape index (κ2) is 10.4. The van der Waals surface area contributed by atoms with Crippen LogP contribution < -0.4 is 10.0 Å². The van der Waals surface area contributed by atoms with Gasteiger partial charge >= 0.3 is 0 Å². The fourth-order valence-electron chi connectivity index (χ4n) is 3.31. The molecule has 180 valence electrons. The van der Waals surface area contributed by atoms with Crippen LogP contribution in [0, 0.1) is 6.92 Å². The van der Waals surface area contributed by atoms with E-state index in [1.807, 2.05) is 6.92 Å². The van der Waals surface area contributed by atoms with Crippen LogP contribution >= 0.6 is 0 Å². The number of amides is 1. The molecule has 0 saturated carbocycles. The van der Waals surface area contributed by atoms with Crippen molar-refractivity contribution in [3.8, 4) is 0 Å². The maximum atomic E-state index is 12.9. The maximum absolute atomic E-state index is 12.9. The summed E-state index contributed by atoms with van der Waals surface area (Å²) in [5, 5.41) is 2.69. The fourth-order valence-corrected chi connectivity index (χ4v) is 5.85. The van der Waals surface area contributed by atoms with Crippen molar-refractivity contribution in [1.82, 2.24) is 4.31 Å². The van der Waals surface area contributed by atoms with Crippen LogP contribution in [0.25, 0.3) is 0 Å². The van der Waals surface area contributed by atoms with Crippen LogP contribution in [0.5, 0.6) is 0 Å². The number of benzene rings is 3. The van der Waals surface area contributed by atoms with Gasteiger partial charge in [-0.2, -0.15) is 4.31 Å². The molecule has 0 heterocycles. The molecule has 0 spiro atoms. The highest BCUT2D eigenvalue weighted by Crippen LogP contribution is 2.23. The third-order valence-corrected chi connectivity index (χ3v) is 8.65. The highest BCUT2D eigenvalue weighted by molar-refractivity contribution is 7.92. The van der Waals surface area contributed by atoms with Gasteiger partial charge in [-0.1, -0.05) is 43.7 Å². The second-order valence-corrected chi connectivity index (χ2v) is 11.2. The van der Waals surface area contributed by atoms with E-state index in [1.54, 1.807) is 38.1 Å². The molecule has 0 aliphatic carbocycles. The van der Waals surface area contributed by atoms with Gasteiger partial charge in [0.15, 0.2) is 0 Å². The number of hydrogen-bond acceptors (Lipinski definition) is 5. The van der Waals surface area contributed by atoms with Crippen LogP contribution in [0.2, 0.25) is 0 Å². The number of aryl methyl sites for hydroxylation is 1. The lowest BCUT2D eigenvalue weighted by Crippen LogP contribution is -2.30. The molecule has 0 aromatic heterocycles. The van der Waals surface area contributed by atoms with Crippen LogP contribution in [-0.4, -0.2) is 40.1 Å². The lowest BCUT2D eigenvalue weighted by atomic mass is 10.1. The van der Waals surface area contributed by atoms with Crippen molar-refractivity contribution in [2.75, 3.05) is 23.1 Å². The van der Waals surface area contributed by atoms with Gasteiger partial charge in [0.1, 0.15) is 0 Å². The van der Waals surface area contributed by atoms with E-state index in [1.165, 1.54) is 52.8 Å². The van der Waals surface area contributed by atoms with Gasteiger partial charge in [-0.15, -0.1) is 0 Å². The minimum atomic E-state index is -3.90. The van der Waals surface area contributed by atoms with Crippen molar-refractivity contribution in [3.63, 3.8) is 0 Å². The number of nitrogens with zero attached hydrogens (tertiary/aromatic N) is 1. The summed E-state index contributed by atoms with van der Waals surface area (Å²) < 4.78 is 54.6. The Balaban J connectivity index is 1.81. The van der Waals surface area contributed by atoms with Gasteiger partial charge < -0.3 is 5.32 Å². The predicted molar refractivity (Wildman–Crippen MR) is 133 cm³/mol. The Morgan fingerprint density at radius 3 is 1.94 bits per heavy atom. The van der Waals surface area contributed by atoms with E-state index in [4.69, 9.17) is 0 Å². The molecule has 2 N–H and O–H groups in total. The first kappa shape index (κ1) is 25.4. The average molecular weight is 502 g/mol. The highest BCUT2D eigenvalue weighted by atomic mass is 32.2. The second-order valence-electron chi connectivity index (χ2n) is 7.53. The summed E-state index contributed by atoms with van der Waals surface area (Å²) in [6.07, 6.45) is 0. The van der Waals surface area contributed by atoms with Crippen LogP contribution in [-0.2, 0) is 20.0 Å². The Bertz CT molecular complexity index is 1360. The van der Waals surface area contributed by atoms with E-state index < -0.39 is 26.0 Å². The number of nitrogens with one attached hydrogen (secondary N) is 2. The Labute approximate surface area is 200 Å². The molecular formula is C24H27N3O5S2. The van der Waals surface area contributed by atoms with Gasteiger partial charge in [-0.25, -0.2) is 16.8 Å². The topological polar surface area (TPSA) is 113 Å².